The van der Waals surface area contributed by atoms with Crippen LogP contribution in [-0.2, 0) is 6.42 Å². The van der Waals surface area contributed by atoms with Crippen molar-refractivity contribution in [2.24, 2.45) is 0 Å². The van der Waals surface area contributed by atoms with Gasteiger partial charge in [0.2, 0.25) is 5.95 Å². The third-order valence-corrected chi connectivity index (χ3v) is 1.82. The van der Waals surface area contributed by atoms with Gasteiger partial charge in [0.1, 0.15) is 0 Å². The molecule has 62 valence electrons. The highest BCUT2D eigenvalue weighted by atomic mass is 19.1. The van der Waals surface area contributed by atoms with Crippen LogP contribution in [0.5, 0.6) is 0 Å². The SMILES string of the molecule is CCc1[nH]nc2nc(F)ccc12. The van der Waals surface area contributed by atoms with Gasteiger partial charge in [0, 0.05) is 11.1 Å². The van der Waals surface area contributed by atoms with Gasteiger partial charge in [0.15, 0.2) is 5.65 Å². The molecule has 2 aromatic heterocycles. The smallest absolute Gasteiger partial charge is 0.214 e. The number of halogens is 1. The molecule has 0 amide bonds. The largest absolute Gasteiger partial charge is 0.280 e. The minimum Gasteiger partial charge on any atom is -0.280 e. The third kappa shape index (κ3) is 0.958. The van der Waals surface area contributed by atoms with Crippen LogP contribution < -0.4 is 0 Å². The number of hydrogen-bond acceptors (Lipinski definition) is 2. The lowest BCUT2D eigenvalue weighted by atomic mass is 10.2. The first-order valence-electron chi connectivity index (χ1n) is 3.80. The summed E-state index contributed by atoms with van der Waals surface area (Å²) in [6, 6.07) is 3.04. The number of H-pyrrole nitrogens is 1. The Labute approximate surface area is 68.6 Å². The Kier molecular flexibility index (Phi) is 1.53. The van der Waals surface area contributed by atoms with Gasteiger partial charge in [-0.3, -0.25) is 5.10 Å². The molecule has 0 atom stereocenters. The zero-order valence-electron chi connectivity index (χ0n) is 6.63. The molecule has 0 aliphatic rings. The van der Waals surface area contributed by atoms with Crippen LogP contribution in [0, 0.1) is 5.95 Å². The lowest BCUT2D eigenvalue weighted by Gasteiger charge is -1.90. The predicted molar refractivity (Wildman–Crippen MR) is 43.2 cm³/mol. The molecule has 0 aliphatic carbocycles. The number of aromatic amines is 1. The molecule has 0 aromatic carbocycles. The van der Waals surface area contributed by atoms with Crippen molar-refractivity contribution in [3.8, 4) is 0 Å². The summed E-state index contributed by atoms with van der Waals surface area (Å²) >= 11 is 0. The summed E-state index contributed by atoms with van der Waals surface area (Å²) in [7, 11) is 0. The van der Waals surface area contributed by atoms with Gasteiger partial charge < -0.3 is 0 Å². The fourth-order valence-electron chi connectivity index (χ4n) is 1.20. The number of nitrogens with zero attached hydrogens (tertiary/aromatic N) is 2. The minimum atomic E-state index is -0.489. The number of aromatic nitrogens is 3. The fraction of sp³-hybridized carbons (Fsp3) is 0.250. The van der Waals surface area contributed by atoms with Crippen LogP contribution >= 0.6 is 0 Å². The van der Waals surface area contributed by atoms with Crippen LogP contribution in [0.4, 0.5) is 4.39 Å². The number of fused-ring (bicyclic) bond motifs is 1. The molecule has 3 nitrogen and oxygen atoms in total. The zero-order chi connectivity index (χ0) is 8.55. The van der Waals surface area contributed by atoms with Gasteiger partial charge in [-0.15, -0.1) is 0 Å². The second kappa shape index (κ2) is 2.55. The van der Waals surface area contributed by atoms with E-state index in [0.717, 1.165) is 17.5 Å². The Balaban J connectivity index is 2.73. The fourth-order valence-corrected chi connectivity index (χ4v) is 1.20. The van der Waals surface area contributed by atoms with E-state index in [4.69, 9.17) is 0 Å². The van der Waals surface area contributed by atoms with Crippen LogP contribution in [0.15, 0.2) is 12.1 Å². The minimum absolute atomic E-state index is 0.451. The van der Waals surface area contributed by atoms with Crippen molar-refractivity contribution in [1.82, 2.24) is 15.2 Å². The lowest BCUT2D eigenvalue weighted by Crippen LogP contribution is -1.82. The van der Waals surface area contributed by atoms with Crippen molar-refractivity contribution in [3.05, 3.63) is 23.8 Å². The Morgan fingerprint density at radius 2 is 2.33 bits per heavy atom. The van der Waals surface area contributed by atoms with E-state index in [1.165, 1.54) is 6.07 Å². The maximum atomic E-state index is 12.6. The molecule has 2 aromatic rings. The normalized spacial score (nSPS) is 10.8. The number of hydrogen-bond donors (Lipinski definition) is 1. The number of pyridine rings is 1. The van der Waals surface area contributed by atoms with E-state index in [1.807, 2.05) is 6.92 Å². The topological polar surface area (TPSA) is 41.6 Å². The van der Waals surface area contributed by atoms with Crippen molar-refractivity contribution >= 4 is 11.0 Å². The molecule has 0 spiro atoms. The van der Waals surface area contributed by atoms with E-state index in [-0.39, 0.29) is 0 Å². The second-order valence-electron chi connectivity index (χ2n) is 2.56. The van der Waals surface area contributed by atoms with Crippen molar-refractivity contribution in [3.63, 3.8) is 0 Å². The predicted octanol–water partition coefficient (Wildman–Crippen LogP) is 1.66. The molecular formula is C8H8FN3. The summed E-state index contributed by atoms with van der Waals surface area (Å²) < 4.78 is 12.6. The second-order valence-corrected chi connectivity index (χ2v) is 2.56. The van der Waals surface area contributed by atoms with Crippen molar-refractivity contribution in [2.75, 3.05) is 0 Å². The average molecular weight is 165 g/mol. The molecule has 0 saturated heterocycles. The van der Waals surface area contributed by atoms with Crippen molar-refractivity contribution in [1.29, 1.82) is 0 Å². The Morgan fingerprint density at radius 3 is 3.08 bits per heavy atom. The molecule has 0 unspecified atom stereocenters. The van der Waals surface area contributed by atoms with Crippen molar-refractivity contribution in [2.45, 2.75) is 13.3 Å². The van der Waals surface area contributed by atoms with Gasteiger partial charge in [-0.05, 0) is 18.6 Å². The van der Waals surface area contributed by atoms with Crippen LogP contribution in [0.25, 0.3) is 11.0 Å². The maximum absolute atomic E-state index is 12.6. The molecule has 1 N–H and O–H groups in total. The van der Waals surface area contributed by atoms with Gasteiger partial charge in [0.05, 0.1) is 0 Å². The first-order chi connectivity index (χ1) is 5.81. The van der Waals surface area contributed by atoms with Gasteiger partial charge >= 0.3 is 0 Å². The monoisotopic (exact) mass is 165 g/mol. The standard InChI is InChI=1S/C8H8FN3/c1-2-6-5-3-4-7(9)10-8(5)12-11-6/h3-4H,2H2,1H3,(H,10,11,12). The van der Waals surface area contributed by atoms with E-state index in [9.17, 15) is 4.39 Å². The summed E-state index contributed by atoms with van der Waals surface area (Å²) in [5.74, 6) is -0.489. The molecule has 0 bridgehead atoms. The molecule has 0 fully saturated rings. The van der Waals surface area contributed by atoms with E-state index >= 15 is 0 Å². The third-order valence-electron chi connectivity index (χ3n) is 1.82. The Bertz CT molecular complexity index is 408. The van der Waals surface area contributed by atoms with Gasteiger partial charge in [-0.2, -0.15) is 14.5 Å². The van der Waals surface area contributed by atoms with E-state index in [1.54, 1.807) is 6.07 Å². The summed E-state index contributed by atoms with van der Waals surface area (Å²) in [6.45, 7) is 2.01. The average Bonchev–Trinajstić information content (AvgIpc) is 2.46. The molecule has 4 heteroatoms. The van der Waals surface area contributed by atoms with Crippen LogP contribution in [0.3, 0.4) is 0 Å². The lowest BCUT2D eigenvalue weighted by molar-refractivity contribution is 0.588. The molecule has 0 saturated carbocycles. The van der Waals surface area contributed by atoms with Crippen LogP contribution in [-0.4, -0.2) is 15.2 Å². The molecular weight excluding hydrogens is 157 g/mol. The molecule has 2 heterocycles. The highest BCUT2D eigenvalue weighted by Crippen LogP contribution is 2.13. The number of nitrogens with one attached hydrogen (secondary N) is 1. The highest BCUT2D eigenvalue weighted by molar-refractivity contribution is 5.77. The summed E-state index contributed by atoms with van der Waals surface area (Å²) in [5, 5.41) is 7.59. The highest BCUT2D eigenvalue weighted by Gasteiger charge is 2.04. The van der Waals surface area contributed by atoms with Gasteiger partial charge in [0.25, 0.3) is 0 Å². The molecule has 0 radical (unpaired) electrons. The Hall–Kier alpha value is -1.45. The molecule has 0 aliphatic heterocycles. The first kappa shape index (κ1) is 7.21. The summed E-state index contributed by atoms with van der Waals surface area (Å²) in [6.07, 6.45) is 0.851. The van der Waals surface area contributed by atoms with Crippen LogP contribution in [0.1, 0.15) is 12.6 Å². The van der Waals surface area contributed by atoms with Gasteiger partial charge in [-0.1, -0.05) is 6.92 Å². The Morgan fingerprint density at radius 1 is 1.50 bits per heavy atom. The van der Waals surface area contributed by atoms with E-state index < -0.39 is 5.95 Å². The quantitative estimate of drug-likeness (QED) is 0.653. The maximum Gasteiger partial charge on any atom is 0.214 e. The molecule has 2 rings (SSSR count). The van der Waals surface area contributed by atoms with E-state index in [0.29, 0.717) is 5.65 Å². The van der Waals surface area contributed by atoms with Crippen LogP contribution in [0.2, 0.25) is 0 Å². The zero-order valence-corrected chi connectivity index (χ0v) is 6.63. The first-order valence-corrected chi connectivity index (χ1v) is 3.80. The number of rotatable bonds is 1. The van der Waals surface area contributed by atoms with Gasteiger partial charge in [-0.25, -0.2) is 0 Å². The summed E-state index contributed by atoms with van der Waals surface area (Å²) in [4.78, 5) is 3.64. The summed E-state index contributed by atoms with van der Waals surface area (Å²) in [5.41, 5.74) is 1.45. The van der Waals surface area contributed by atoms with E-state index in [2.05, 4.69) is 15.2 Å². The van der Waals surface area contributed by atoms with Crippen molar-refractivity contribution < 1.29 is 4.39 Å². The molecule has 12 heavy (non-hydrogen) atoms. The number of aryl methyl sites for hydroxylation is 1.